The summed E-state index contributed by atoms with van der Waals surface area (Å²) in [6.45, 7) is 6.52. The van der Waals surface area contributed by atoms with Crippen LogP contribution in [0.1, 0.15) is 35.6 Å². The summed E-state index contributed by atoms with van der Waals surface area (Å²) in [7, 11) is 0. The first kappa shape index (κ1) is 26.3. The molecule has 0 saturated carbocycles. The molecule has 5 nitrogen and oxygen atoms in total. The maximum absolute atomic E-state index is 13.6. The largest absolute Gasteiger partial charge is 0.483 e. The number of halogens is 1. The van der Waals surface area contributed by atoms with Crippen molar-refractivity contribution in [2.24, 2.45) is 0 Å². The van der Waals surface area contributed by atoms with Crippen molar-refractivity contribution in [1.29, 1.82) is 0 Å². The highest BCUT2D eigenvalue weighted by Gasteiger charge is 2.31. The van der Waals surface area contributed by atoms with Gasteiger partial charge in [0.2, 0.25) is 5.91 Å². The number of nitrogens with one attached hydrogen (secondary N) is 1. The van der Waals surface area contributed by atoms with E-state index >= 15 is 0 Å². The Morgan fingerprint density at radius 2 is 1.69 bits per heavy atom. The molecule has 184 valence electrons. The third-order valence-electron chi connectivity index (χ3n) is 6.02. The summed E-state index contributed by atoms with van der Waals surface area (Å²) >= 11 is 6.44. The van der Waals surface area contributed by atoms with Gasteiger partial charge in [0.05, 0.1) is 0 Å². The van der Waals surface area contributed by atoms with Crippen LogP contribution in [0.3, 0.4) is 0 Å². The molecular weight excluding hydrogens is 460 g/mol. The molecule has 0 aliphatic heterocycles. The molecule has 0 fully saturated rings. The molecule has 3 aromatic carbocycles. The number of ether oxygens (including phenoxy) is 1. The fraction of sp³-hybridized carbons (Fsp3) is 0.310. The van der Waals surface area contributed by atoms with E-state index < -0.39 is 6.04 Å². The molecule has 3 aromatic rings. The van der Waals surface area contributed by atoms with Gasteiger partial charge in [-0.3, -0.25) is 9.59 Å². The Morgan fingerprint density at radius 3 is 2.40 bits per heavy atom. The van der Waals surface area contributed by atoms with Crippen LogP contribution in [0.5, 0.6) is 5.75 Å². The smallest absolute Gasteiger partial charge is 0.261 e. The summed E-state index contributed by atoms with van der Waals surface area (Å²) in [6.07, 6.45) is 1.19. The Balaban J connectivity index is 1.92. The lowest BCUT2D eigenvalue weighted by Gasteiger charge is -2.31. The Morgan fingerprint density at radius 1 is 0.971 bits per heavy atom. The topological polar surface area (TPSA) is 58.6 Å². The molecule has 0 bridgehead atoms. The molecule has 2 amide bonds. The second-order valence-corrected chi connectivity index (χ2v) is 9.00. The van der Waals surface area contributed by atoms with E-state index in [2.05, 4.69) is 5.32 Å². The Bertz CT molecular complexity index is 1130. The molecule has 3 rings (SSSR count). The Kier molecular flexibility index (Phi) is 9.74. The van der Waals surface area contributed by atoms with Crippen LogP contribution in [-0.2, 0) is 22.6 Å². The summed E-state index contributed by atoms with van der Waals surface area (Å²) < 4.78 is 5.93. The highest BCUT2D eigenvalue weighted by Crippen LogP contribution is 2.23. The average Bonchev–Trinajstić information content (AvgIpc) is 2.87. The molecular formula is C29H33ClN2O3. The van der Waals surface area contributed by atoms with Crippen molar-refractivity contribution in [1.82, 2.24) is 10.2 Å². The minimum Gasteiger partial charge on any atom is -0.483 e. The van der Waals surface area contributed by atoms with Crippen LogP contribution in [0, 0.1) is 13.8 Å². The van der Waals surface area contributed by atoms with Crippen molar-refractivity contribution in [2.75, 3.05) is 13.2 Å². The molecule has 0 radical (unpaired) electrons. The van der Waals surface area contributed by atoms with Gasteiger partial charge >= 0.3 is 0 Å². The monoisotopic (exact) mass is 492 g/mol. The van der Waals surface area contributed by atoms with Gasteiger partial charge in [-0.15, -0.1) is 0 Å². The molecule has 35 heavy (non-hydrogen) atoms. The molecule has 1 atom stereocenters. The van der Waals surface area contributed by atoms with Crippen molar-refractivity contribution in [3.05, 3.63) is 100 Å². The highest BCUT2D eigenvalue weighted by molar-refractivity contribution is 6.31. The lowest BCUT2D eigenvalue weighted by molar-refractivity contribution is -0.142. The van der Waals surface area contributed by atoms with Crippen LogP contribution in [0.25, 0.3) is 0 Å². The fourth-order valence-electron chi connectivity index (χ4n) is 3.83. The number of rotatable bonds is 11. The van der Waals surface area contributed by atoms with E-state index in [1.165, 1.54) is 0 Å². The van der Waals surface area contributed by atoms with Crippen molar-refractivity contribution < 1.29 is 14.3 Å². The molecule has 6 heteroatoms. The molecule has 0 aliphatic rings. The van der Waals surface area contributed by atoms with Crippen LogP contribution in [0.2, 0.25) is 5.02 Å². The zero-order valence-electron chi connectivity index (χ0n) is 20.6. The third kappa shape index (κ3) is 7.33. The van der Waals surface area contributed by atoms with Crippen LogP contribution < -0.4 is 10.1 Å². The van der Waals surface area contributed by atoms with Gasteiger partial charge in [-0.05, 0) is 54.7 Å². The lowest BCUT2D eigenvalue weighted by atomic mass is 10.0. The van der Waals surface area contributed by atoms with Crippen molar-refractivity contribution in [2.45, 2.75) is 46.2 Å². The van der Waals surface area contributed by atoms with Crippen molar-refractivity contribution in [3.63, 3.8) is 0 Å². The quantitative estimate of drug-likeness (QED) is 0.384. The zero-order chi connectivity index (χ0) is 25.2. The fourth-order valence-corrected chi connectivity index (χ4v) is 4.03. The van der Waals surface area contributed by atoms with E-state index in [1.807, 2.05) is 87.5 Å². The van der Waals surface area contributed by atoms with Gasteiger partial charge < -0.3 is 15.0 Å². The Hall–Kier alpha value is -3.31. The van der Waals surface area contributed by atoms with Gasteiger partial charge in [0.25, 0.3) is 5.91 Å². The average molecular weight is 493 g/mol. The highest BCUT2D eigenvalue weighted by atomic mass is 35.5. The predicted molar refractivity (Wildman–Crippen MR) is 141 cm³/mol. The summed E-state index contributed by atoms with van der Waals surface area (Å²) in [4.78, 5) is 28.5. The molecule has 0 unspecified atom stereocenters. The van der Waals surface area contributed by atoms with Gasteiger partial charge in [0.15, 0.2) is 6.61 Å². The van der Waals surface area contributed by atoms with Gasteiger partial charge in [0.1, 0.15) is 11.8 Å². The van der Waals surface area contributed by atoms with Crippen LogP contribution in [0.15, 0.2) is 72.8 Å². The summed E-state index contributed by atoms with van der Waals surface area (Å²) in [5.74, 6) is 0.187. The van der Waals surface area contributed by atoms with E-state index in [-0.39, 0.29) is 25.0 Å². The molecule has 1 N–H and O–H groups in total. The number of benzene rings is 3. The molecule has 0 aromatic heterocycles. The summed E-state index contributed by atoms with van der Waals surface area (Å²) in [5.41, 5.74) is 3.82. The minimum atomic E-state index is -0.713. The Labute approximate surface area is 213 Å². The summed E-state index contributed by atoms with van der Waals surface area (Å²) in [5, 5.41) is 3.52. The minimum absolute atomic E-state index is 0.179. The number of hydrogen-bond donors (Lipinski definition) is 1. The number of amides is 2. The first-order valence-electron chi connectivity index (χ1n) is 11.9. The standard InChI is InChI=1S/C29H33ClN2O3/c1-4-17-31-29(34)26(18-23-12-6-5-7-13-23)32(19-24-14-8-9-15-25(24)30)28(33)20-35-27-16-10-11-21(2)22(27)3/h5-16,26H,4,17-20H2,1-3H3,(H,31,34)/t26-/m1/s1. The molecule has 0 saturated heterocycles. The van der Waals surface area contributed by atoms with Gasteiger partial charge in [0, 0.05) is 24.5 Å². The SMILES string of the molecule is CCCNC(=O)[C@@H](Cc1ccccc1)N(Cc1ccccc1Cl)C(=O)COc1cccc(C)c1C. The first-order chi connectivity index (χ1) is 16.9. The second kappa shape index (κ2) is 13.0. The molecule has 0 spiro atoms. The van der Waals surface area contributed by atoms with E-state index in [0.717, 1.165) is 28.7 Å². The molecule has 0 heterocycles. The van der Waals surface area contributed by atoms with Crippen molar-refractivity contribution >= 4 is 23.4 Å². The maximum atomic E-state index is 13.6. The molecule has 0 aliphatic carbocycles. The number of hydrogen-bond acceptors (Lipinski definition) is 3. The van der Waals surface area contributed by atoms with Gasteiger partial charge in [-0.2, -0.15) is 0 Å². The third-order valence-corrected chi connectivity index (χ3v) is 6.39. The number of carbonyl (C=O) groups is 2. The van der Waals surface area contributed by atoms with Gasteiger partial charge in [-0.25, -0.2) is 0 Å². The second-order valence-electron chi connectivity index (χ2n) is 8.60. The summed E-state index contributed by atoms with van der Waals surface area (Å²) in [6, 6.07) is 22.1. The van der Waals surface area contributed by atoms with Crippen LogP contribution in [-0.4, -0.2) is 35.9 Å². The van der Waals surface area contributed by atoms with Crippen LogP contribution in [0.4, 0.5) is 0 Å². The normalized spacial score (nSPS) is 11.5. The lowest BCUT2D eigenvalue weighted by Crippen LogP contribution is -2.51. The number of aryl methyl sites for hydroxylation is 1. The van der Waals surface area contributed by atoms with E-state index in [9.17, 15) is 9.59 Å². The van der Waals surface area contributed by atoms with Crippen molar-refractivity contribution in [3.8, 4) is 5.75 Å². The zero-order valence-corrected chi connectivity index (χ0v) is 21.3. The first-order valence-corrected chi connectivity index (χ1v) is 12.3. The predicted octanol–water partition coefficient (Wildman–Crippen LogP) is 5.50. The van der Waals surface area contributed by atoms with E-state index in [0.29, 0.717) is 23.7 Å². The maximum Gasteiger partial charge on any atom is 0.261 e. The van der Waals surface area contributed by atoms with E-state index in [4.69, 9.17) is 16.3 Å². The van der Waals surface area contributed by atoms with E-state index in [1.54, 1.807) is 11.0 Å². The van der Waals surface area contributed by atoms with Crippen LogP contribution >= 0.6 is 11.6 Å². The van der Waals surface area contributed by atoms with Gasteiger partial charge in [-0.1, -0.05) is 79.2 Å². The number of carbonyl (C=O) groups excluding carboxylic acids is 2. The number of nitrogens with zero attached hydrogens (tertiary/aromatic N) is 1.